The van der Waals surface area contributed by atoms with Gasteiger partial charge >= 0.3 is 5.97 Å². The summed E-state index contributed by atoms with van der Waals surface area (Å²) in [5.74, 6) is -2.30. The molecule has 3 amide bonds. The van der Waals surface area contributed by atoms with Gasteiger partial charge in [0.15, 0.2) is 6.61 Å². The van der Waals surface area contributed by atoms with E-state index in [1.165, 1.54) is 23.5 Å². The molecule has 0 bridgehead atoms. The number of nitrogens with one attached hydrogen (secondary N) is 1. The van der Waals surface area contributed by atoms with Crippen molar-refractivity contribution in [2.75, 3.05) is 18.5 Å². The van der Waals surface area contributed by atoms with Crippen LogP contribution in [0.25, 0.3) is 12.2 Å². The van der Waals surface area contributed by atoms with Gasteiger partial charge in [0.1, 0.15) is 22.9 Å². The zero-order chi connectivity index (χ0) is 33.2. The number of hydrogen-bond acceptors (Lipinski definition) is 8. The Morgan fingerprint density at radius 3 is 2.30 bits per heavy atom. The number of ether oxygens (including phenoxy) is 2. The van der Waals surface area contributed by atoms with Crippen molar-refractivity contribution >= 4 is 52.2 Å². The maximum Gasteiger partial charge on any atom is 0.330 e. The molecule has 1 aliphatic heterocycles. The summed E-state index contributed by atoms with van der Waals surface area (Å²) in [6.45, 7) is 9.49. The number of thiophene rings is 1. The van der Waals surface area contributed by atoms with Crippen LogP contribution in [0.5, 0.6) is 5.75 Å². The van der Waals surface area contributed by atoms with Crippen molar-refractivity contribution in [3.63, 3.8) is 0 Å². The summed E-state index contributed by atoms with van der Waals surface area (Å²) in [5.41, 5.74) is 3.30. The van der Waals surface area contributed by atoms with Crippen molar-refractivity contribution in [1.82, 2.24) is 4.90 Å². The highest BCUT2D eigenvalue weighted by atomic mass is 32.1. The molecule has 0 radical (unpaired) electrons. The number of carbonyl (C=O) groups excluding carboxylic acids is 4. The highest BCUT2D eigenvalue weighted by molar-refractivity contribution is 7.17. The van der Waals surface area contributed by atoms with Gasteiger partial charge in [-0.1, -0.05) is 64.1 Å². The van der Waals surface area contributed by atoms with Gasteiger partial charge in [0.05, 0.1) is 23.3 Å². The van der Waals surface area contributed by atoms with Crippen molar-refractivity contribution in [2.45, 2.75) is 52.5 Å². The highest BCUT2D eigenvalue weighted by Gasteiger charge is 2.45. The largest absolute Gasteiger partial charge is 0.494 e. The lowest BCUT2D eigenvalue weighted by Crippen LogP contribution is -2.49. The molecule has 1 aliphatic carbocycles. The van der Waals surface area contributed by atoms with Gasteiger partial charge in [-0.3, -0.25) is 19.3 Å². The number of carbonyl (C=O) groups is 4. The van der Waals surface area contributed by atoms with Gasteiger partial charge in [-0.25, -0.2) is 4.79 Å². The maximum atomic E-state index is 13.2. The first-order valence-electron chi connectivity index (χ1n) is 15.1. The Morgan fingerprint density at radius 1 is 1.07 bits per heavy atom. The lowest BCUT2D eigenvalue weighted by Gasteiger charge is -2.29. The molecule has 0 fully saturated rings. The number of amides is 3. The van der Waals surface area contributed by atoms with Crippen LogP contribution in [-0.2, 0) is 19.7 Å². The van der Waals surface area contributed by atoms with Crippen molar-refractivity contribution in [3.05, 3.63) is 92.9 Å². The smallest absolute Gasteiger partial charge is 0.330 e. The minimum absolute atomic E-state index is 0.223. The Hall–Kier alpha value is -5.01. The SMILES string of the molecule is CCOc1ccc(/C=C/C2=Cc3c(sc(NC(=O)COC(=O)[C@H](C(C)C)N4C(=O)c5ccccc5C4=O)c3C#N)C(C)(C)C2)cc1. The van der Waals surface area contributed by atoms with Crippen LogP contribution in [0.1, 0.15) is 83.3 Å². The molecule has 0 saturated heterocycles. The summed E-state index contributed by atoms with van der Waals surface area (Å²) in [7, 11) is 0. The zero-order valence-corrected chi connectivity index (χ0v) is 27.2. The van der Waals surface area contributed by atoms with E-state index in [-0.39, 0.29) is 16.5 Å². The van der Waals surface area contributed by atoms with Gasteiger partial charge in [-0.05, 0) is 60.7 Å². The molecule has 2 heterocycles. The van der Waals surface area contributed by atoms with E-state index in [2.05, 4.69) is 25.2 Å². The average Bonchev–Trinajstić information content (AvgIpc) is 3.50. The fourth-order valence-corrected chi connectivity index (χ4v) is 7.03. The van der Waals surface area contributed by atoms with Gasteiger partial charge in [-0.2, -0.15) is 5.26 Å². The van der Waals surface area contributed by atoms with Gasteiger partial charge in [-0.15, -0.1) is 11.3 Å². The molecule has 2 aromatic carbocycles. The number of nitriles is 1. The lowest BCUT2D eigenvalue weighted by molar-refractivity contribution is -0.152. The second-order valence-electron chi connectivity index (χ2n) is 12.1. The number of rotatable bonds is 10. The summed E-state index contributed by atoms with van der Waals surface area (Å²) in [6.07, 6.45) is 6.77. The summed E-state index contributed by atoms with van der Waals surface area (Å²) in [4.78, 5) is 54.0. The summed E-state index contributed by atoms with van der Waals surface area (Å²) < 4.78 is 10.8. The summed E-state index contributed by atoms with van der Waals surface area (Å²) >= 11 is 1.33. The number of benzene rings is 2. The van der Waals surface area contributed by atoms with E-state index in [1.54, 1.807) is 26.0 Å². The van der Waals surface area contributed by atoms with Crippen molar-refractivity contribution < 1.29 is 28.7 Å². The van der Waals surface area contributed by atoms with E-state index < -0.39 is 42.3 Å². The molecule has 1 aromatic heterocycles. The van der Waals surface area contributed by atoms with Crippen LogP contribution in [0.4, 0.5) is 5.00 Å². The molecule has 2 aliphatic rings. The predicted octanol–water partition coefficient (Wildman–Crippen LogP) is 6.60. The van der Waals surface area contributed by atoms with Crippen LogP contribution < -0.4 is 10.1 Å². The van der Waals surface area contributed by atoms with Gasteiger partial charge in [0.2, 0.25) is 0 Å². The summed E-state index contributed by atoms with van der Waals surface area (Å²) in [5, 5.41) is 13.2. The minimum atomic E-state index is -1.20. The Labute approximate surface area is 272 Å². The van der Waals surface area contributed by atoms with E-state index >= 15 is 0 Å². The topological polar surface area (TPSA) is 126 Å². The quantitative estimate of drug-likeness (QED) is 0.196. The number of allylic oxidation sites excluding steroid dienone is 2. The molecular weight excluding hydrogens is 602 g/mol. The number of fused-ring (bicyclic) bond motifs is 2. The fraction of sp³-hybridized carbons (Fsp3) is 0.306. The van der Waals surface area contributed by atoms with Crippen molar-refractivity contribution in [1.29, 1.82) is 5.26 Å². The molecule has 9 nitrogen and oxygen atoms in total. The Kier molecular flexibility index (Phi) is 9.26. The summed E-state index contributed by atoms with van der Waals surface area (Å²) in [6, 6.07) is 15.2. The van der Waals surface area contributed by atoms with Crippen LogP contribution in [0.15, 0.2) is 60.2 Å². The second-order valence-corrected chi connectivity index (χ2v) is 13.2. The van der Waals surface area contributed by atoms with Crippen LogP contribution in [0, 0.1) is 17.2 Å². The van der Waals surface area contributed by atoms with Gasteiger partial charge < -0.3 is 14.8 Å². The zero-order valence-electron chi connectivity index (χ0n) is 26.4. The highest BCUT2D eigenvalue weighted by Crippen LogP contribution is 2.47. The fourth-order valence-electron chi connectivity index (χ4n) is 5.78. The third-order valence-corrected chi connectivity index (χ3v) is 9.39. The monoisotopic (exact) mass is 637 g/mol. The first-order chi connectivity index (χ1) is 21.9. The number of nitrogens with zero attached hydrogens (tertiary/aromatic N) is 2. The van der Waals surface area contributed by atoms with Crippen LogP contribution in [0.3, 0.4) is 0 Å². The van der Waals surface area contributed by atoms with Crippen LogP contribution in [-0.4, -0.2) is 47.8 Å². The molecule has 10 heteroatoms. The Morgan fingerprint density at radius 2 is 1.72 bits per heavy atom. The first kappa shape index (κ1) is 32.4. The molecule has 0 saturated carbocycles. The first-order valence-corrected chi connectivity index (χ1v) is 15.9. The third-order valence-electron chi connectivity index (χ3n) is 7.90. The molecule has 236 valence electrons. The Bertz CT molecular complexity index is 1770. The predicted molar refractivity (Wildman–Crippen MR) is 176 cm³/mol. The lowest BCUT2D eigenvalue weighted by atomic mass is 9.77. The van der Waals surface area contributed by atoms with Crippen LogP contribution in [0.2, 0.25) is 0 Å². The van der Waals surface area contributed by atoms with E-state index in [0.29, 0.717) is 17.2 Å². The molecule has 0 spiro atoms. The third kappa shape index (κ3) is 6.37. The standard InChI is InChI=1S/C36H35N3O6S/c1-6-44-24-15-13-22(14-16-24)11-12-23-17-27-28(19-37)32(46-31(27)36(4,5)18-23)38-29(40)20-45-35(43)30(21(2)3)39-33(41)25-9-7-8-10-26(25)34(39)42/h7-17,21,30H,6,18,20H2,1-5H3,(H,38,40)/b12-11+/t30-/m0/s1. The number of imide groups is 1. The maximum absolute atomic E-state index is 13.2. The van der Waals surface area contributed by atoms with Crippen molar-refractivity contribution in [2.24, 2.45) is 5.92 Å². The normalized spacial score (nSPS) is 15.7. The number of anilines is 1. The second kappa shape index (κ2) is 13.2. The van der Waals surface area contributed by atoms with Crippen LogP contribution >= 0.6 is 11.3 Å². The van der Waals surface area contributed by atoms with Gasteiger partial charge in [0, 0.05) is 15.9 Å². The minimum Gasteiger partial charge on any atom is -0.494 e. The molecule has 3 aromatic rings. The Balaban J connectivity index is 1.29. The van der Waals surface area contributed by atoms with E-state index in [9.17, 15) is 24.4 Å². The molecule has 46 heavy (non-hydrogen) atoms. The van der Waals surface area contributed by atoms with E-state index in [0.717, 1.165) is 38.6 Å². The van der Waals surface area contributed by atoms with E-state index in [1.807, 2.05) is 49.4 Å². The van der Waals surface area contributed by atoms with E-state index in [4.69, 9.17) is 9.47 Å². The molecule has 1 atom stereocenters. The van der Waals surface area contributed by atoms with Crippen molar-refractivity contribution in [3.8, 4) is 11.8 Å². The molecule has 1 N–H and O–H groups in total. The molecule has 5 rings (SSSR count). The van der Waals surface area contributed by atoms with Gasteiger partial charge in [0.25, 0.3) is 17.7 Å². The molecular formula is C36H35N3O6S. The number of hydrogen-bond donors (Lipinski definition) is 1. The molecule has 0 unspecified atom stereocenters. The number of esters is 1. The average molecular weight is 638 g/mol.